The van der Waals surface area contributed by atoms with Crippen molar-refractivity contribution in [3.63, 3.8) is 0 Å². The molecular weight excluding hydrogens is 304 g/mol. The maximum Gasteiger partial charge on any atom is 0.258 e. The molecule has 122 valence electrons. The fraction of sp³-hybridized carbons (Fsp3) is 0.368. The first-order chi connectivity index (χ1) is 10.9. The van der Waals surface area contributed by atoms with Crippen LogP contribution in [0.3, 0.4) is 0 Å². The standard InChI is InChI=1S/C19H24N2OS/c1-5-13-23-18-16(7-6-12-20-18)17(22)21-15-10-8-14(9-11-15)19(2,3)4/h6-12H,5,13H2,1-4H3,(H,21,22). The highest BCUT2D eigenvalue weighted by molar-refractivity contribution is 7.99. The topological polar surface area (TPSA) is 42.0 Å². The van der Waals surface area contributed by atoms with Crippen LogP contribution in [0.2, 0.25) is 0 Å². The number of hydrogen-bond acceptors (Lipinski definition) is 3. The van der Waals surface area contributed by atoms with Crippen LogP contribution in [0.1, 0.15) is 50.0 Å². The van der Waals surface area contributed by atoms with E-state index < -0.39 is 0 Å². The Hall–Kier alpha value is -1.81. The van der Waals surface area contributed by atoms with E-state index in [9.17, 15) is 4.79 Å². The molecule has 0 fully saturated rings. The number of rotatable bonds is 5. The number of benzene rings is 1. The second-order valence-electron chi connectivity index (χ2n) is 6.49. The van der Waals surface area contributed by atoms with E-state index >= 15 is 0 Å². The SMILES string of the molecule is CCCSc1ncccc1C(=O)Nc1ccc(C(C)(C)C)cc1. The molecule has 2 aromatic rings. The van der Waals surface area contributed by atoms with Crippen molar-refractivity contribution in [1.29, 1.82) is 0 Å². The number of anilines is 1. The number of nitrogens with one attached hydrogen (secondary N) is 1. The molecule has 0 aliphatic carbocycles. The summed E-state index contributed by atoms with van der Waals surface area (Å²) in [5.41, 5.74) is 2.79. The average Bonchev–Trinajstić information content (AvgIpc) is 2.53. The van der Waals surface area contributed by atoms with Gasteiger partial charge in [0.1, 0.15) is 5.03 Å². The van der Waals surface area contributed by atoms with Crippen LogP contribution >= 0.6 is 11.8 Å². The highest BCUT2D eigenvalue weighted by Gasteiger charge is 2.15. The maximum atomic E-state index is 12.5. The van der Waals surface area contributed by atoms with Crippen LogP contribution in [0.5, 0.6) is 0 Å². The molecule has 1 heterocycles. The zero-order valence-corrected chi connectivity index (χ0v) is 15.0. The minimum Gasteiger partial charge on any atom is -0.322 e. The normalized spacial score (nSPS) is 11.3. The van der Waals surface area contributed by atoms with Crippen LogP contribution in [0.25, 0.3) is 0 Å². The van der Waals surface area contributed by atoms with Crippen molar-refractivity contribution in [2.24, 2.45) is 0 Å². The Labute approximate surface area is 142 Å². The fourth-order valence-corrected chi connectivity index (χ4v) is 2.98. The van der Waals surface area contributed by atoms with Crippen molar-refractivity contribution in [3.8, 4) is 0 Å². The van der Waals surface area contributed by atoms with Crippen molar-refractivity contribution in [2.75, 3.05) is 11.1 Å². The number of aromatic nitrogens is 1. The van der Waals surface area contributed by atoms with Gasteiger partial charge in [0, 0.05) is 11.9 Å². The predicted molar refractivity (Wildman–Crippen MR) is 98.3 cm³/mol. The third-order valence-electron chi connectivity index (χ3n) is 3.47. The van der Waals surface area contributed by atoms with Crippen LogP contribution in [0.15, 0.2) is 47.6 Å². The van der Waals surface area contributed by atoms with Crippen molar-refractivity contribution >= 4 is 23.4 Å². The van der Waals surface area contributed by atoms with Gasteiger partial charge in [0.15, 0.2) is 0 Å². The van der Waals surface area contributed by atoms with Gasteiger partial charge in [-0.15, -0.1) is 11.8 Å². The van der Waals surface area contributed by atoms with Crippen molar-refractivity contribution in [3.05, 3.63) is 53.7 Å². The fourth-order valence-electron chi connectivity index (χ4n) is 2.13. The zero-order chi connectivity index (χ0) is 16.9. The first kappa shape index (κ1) is 17.5. The summed E-state index contributed by atoms with van der Waals surface area (Å²) in [5, 5.41) is 3.75. The Morgan fingerprint density at radius 3 is 2.48 bits per heavy atom. The molecule has 0 spiro atoms. The number of pyridine rings is 1. The van der Waals surface area contributed by atoms with Gasteiger partial charge in [-0.2, -0.15) is 0 Å². The van der Waals surface area contributed by atoms with E-state index in [-0.39, 0.29) is 11.3 Å². The molecule has 0 radical (unpaired) electrons. The maximum absolute atomic E-state index is 12.5. The van der Waals surface area contributed by atoms with Gasteiger partial charge in [-0.1, -0.05) is 39.8 Å². The lowest BCUT2D eigenvalue weighted by molar-refractivity contribution is 0.102. The van der Waals surface area contributed by atoms with Crippen molar-refractivity contribution in [1.82, 2.24) is 4.98 Å². The Balaban J connectivity index is 2.13. The molecule has 0 unspecified atom stereocenters. The summed E-state index contributed by atoms with van der Waals surface area (Å²) in [5.74, 6) is 0.845. The summed E-state index contributed by atoms with van der Waals surface area (Å²) < 4.78 is 0. The van der Waals surface area contributed by atoms with Crippen molar-refractivity contribution < 1.29 is 4.79 Å². The molecule has 0 saturated heterocycles. The quantitative estimate of drug-likeness (QED) is 0.773. The Bertz CT molecular complexity index is 660. The summed E-state index contributed by atoms with van der Waals surface area (Å²) in [4.78, 5) is 16.8. The summed E-state index contributed by atoms with van der Waals surface area (Å²) >= 11 is 1.62. The van der Waals surface area contributed by atoms with Crippen LogP contribution < -0.4 is 5.32 Å². The molecular formula is C19H24N2OS. The highest BCUT2D eigenvalue weighted by Crippen LogP contribution is 2.25. The second kappa shape index (κ2) is 7.64. The molecule has 4 heteroatoms. The Morgan fingerprint density at radius 1 is 1.17 bits per heavy atom. The molecule has 0 bridgehead atoms. The van der Waals surface area contributed by atoms with Crippen LogP contribution in [-0.2, 0) is 5.41 Å². The summed E-state index contributed by atoms with van der Waals surface area (Å²) in [7, 11) is 0. The molecule has 0 aliphatic rings. The van der Waals surface area contributed by atoms with Gasteiger partial charge in [-0.25, -0.2) is 4.98 Å². The van der Waals surface area contributed by atoms with Crippen LogP contribution in [0.4, 0.5) is 5.69 Å². The van der Waals surface area contributed by atoms with Gasteiger partial charge in [0.2, 0.25) is 0 Å². The van der Waals surface area contributed by atoms with E-state index in [0.29, 0.717) is 5.56 Å². The van der Waals surface area contributed by atoms with Gasteiger partial charge in [0.05, 0.1) is 5.56 Å². The first-order valence-corrected chi connectivity index (χ1v) is 8.90. The lowest BCUT2D eigenvalue weighted by Gasteiger charge is -2.19. The van der Waals surface area contributed by atoms with E-state index in [4.69, 9.17) is 0 Å². The number of thioether (sulfide) groups is 1. The smallest absolute Gasteiger partial charge is 0.258 e. The molecule has 0 aliphatic heterocycles. The molecule has 1 aromatic carbocycles. The number of carbonyl (C=O) groups excluding carboxylic acids is 1. The van der Waals surface area contributed by atoms with Gasteiger partial charge < -0.3 is 5.32 Å². The lowest BCUT2D eigenvalue weighted by atomic mass is 9.87. The lowest BCUT2D eigenvalue weighted by Crippen LogP contribution is -2.14. The Kier molecular flexibility index (Phi) is 5.83. The minimum absolute atomic E-state index is 0.107. The number of hydrogen-bond donors (Lipinski definition) is 1. The van der Waals surface area contributed by atoms with Gasteiger partial charge in [-0.05, 0) is 47.4 Å². The number of nitrogens with zero attached hydrogens (tertiary/aromatic N) is 1. The monoisotopic (exact) mass is 328 g/mol. The summed E-state index contributed by atoms with van der Waals surface area (Å²) in [6, 6.07) is 11.6. The molecule has 0 saturated carbocycles. The minimum atomic E-state index is -0.111. The van der Waals surface area contributed by atoms with E-state index in [0.717, 1.165) is 22.9 Å². The third kappa shape index (κ3) is 4.83. The predicted octanol–water partition coefficient (Wildman–Crippen LogP) is 5.13. The van der Waals surface area contributed by atoms with E-state index in [2.05, 4.69) is 50.1 Å². The van der Waals surface area contributed by atoms with Crippen molar-refractivity contribution in [2.45, 2.75) is 44.6 Å². The van der Waals surface area contributed by atoms with E-state index in [1.807, 2.05) is 18.2 Å². The second-order valence-corrected chi connectivity index (χ2v) is 7.57. The summed E-state index contributed by atoms with van der Waals surface area (Å²) in [6.07, 6.45) is 2.78. The summed E-state index contributed by atoms with van der Waals surface area (Å²) in [6.45, 7) is 8.64. The molecule has 23 heavy (non-hydrogen) atoms. The third-order valence-corrected chi connectivity index (χ3v) is 4.68. The molecule has 0 atom stereocenters. The average molecular weight is 328 g/mol. The van der Waals surface area contributed by atoms with Gasteiger partial charge >= 0.3 is 0 Å². The molecule has 1 aromatic heterocycles. The van der Waals surface area contributed by atoms with Gasteiger partial charge in [-0.3, -0.25) is 4.79 Å². The number of carbonyl (C=O) groups is 1. The molecule has 2 rings (SSSR count). The van der Waals surface area contributed by atoms with Crippen LogP contribution in [-0.4, -0.2) is 16.6 Å². The largest absolute Gasteiger partial charge is 0.322 e. The number of amides is 1. The van der Waals surface area contributed by atoms with E-state index in [1.165, 1.54) is 5.56 Å². The van der Waals surface area contributed by atoms with Gasteiger partial charge in [0.25, 0.3) is 5.91 Å². The Morgan fingerprint density at radius 2 is 1.87 bits per heavy atom. The molecule has 3 nitrogen and oxygen atoms in total. The highest BCUT2D eigenvalue weighted by atomic mass is 32.2. The van der Waals surface area contributed by atoms with Crippen LogP contribution in [0, 0.1) is 0 Å². The molecule has 1 amide bonds. The van der Waals surface area contributed by atoms with E-state index in [1.54, 1.807) is 24.0 Å². The zero-order valence-electron chi connectivity index (χ0n) is 14.2. The first-order valence-electron chi connectivity index (χ1n) is 7.91. The molecule has 1 N–H and O–H groups in total.